The van der Waals surface area contributed by atoms with E-state index >= 15 is 0 Å². The summed E-state index contributed by atoms with van der Waals surface area (Å²) < 4.78 is 0. The number of carbonyl (C=O) groups is 1. The largest absolute Gasteiger partial charge is 0.293 e. The molecule has 0 heterocycles. The molecule has 74 valence electrons. The minimum absolute atomic E-state index is 0.135. The minimum atomic E-state index is -0.141. The average Bonchev–Trinajstić information content (AvgIpc) is 2.30. The quantitative estimate of drug-likeness (QED) is 0.664. The molecular formula is C14H12O. The van der Waals surface area contributed by atoms with E-state index < -0.39 is 0 Å². The number of benzene rings is 1. The molecule has 0 bridgehead atoms. The van der Waals surface area contributed by atoms with E-state index in [-0.39, 0.29) is 11.7 Å². The summed E-state index contributed by atoms with van der Waals surface area (Å²) in [6, 6.07) is 9.34. The summed E-state index contributed by atoms with van der Waals surface area (Å²) in [6.07, 6.45) is 7.53. The molecular weight excluding hydrogens is 184 g/mol. The highest BCUT2D eigenvalue weighted by atomic mass is 16.1. The summed E-state index contributed by atoms with van der Waals surface area (Å²) in [5, 5.41) is 0. The lowest BCUT2D eigenvalue weighted by atomic mass is 9.93. The van der Waals surface area contributed by atoms with E-state index in [4.69, 9.17) is 0 Å². The van der Waals surface area contributed by atoms with Crippen LogP contribution in [0.25, 0.3) is 0 Å². The van der Waals surface area contributed by atoms with Crippen LogP contribution in [-0.4, -0.2) is 5.78 Å². The van der Waals surface area contributed by atoms with Gasteiger partial charge in [0.15, 0.2) is 5.78 Å². The van der Waals surface area contributed by atoms with Crippen molar-refractivity contribution in [1.29, 1.82) is 0 Å². The SMILES string of the molecule is C=C1C=CC(C(=O)c2ccccc2)C=C1. The Hall–Kier alpha value is -1.89. The van der Waals surface area contributed by atoms with Gasteiger partial charge in [-0.3, -0.25) is 4.79 Å². The predicted molar refractivity (Wildman–Crippen MR) is 61.7 cm³/mol. The number of Topliss-reactive ketones (excluding diaryl/α,β-unsaturated/α-hetero) is 1. The first-order valence-electron chi connectivity index (χ1n) is 4.92. The van der Waals surface area contributed by atoms with Crippen LogP contribution in [0, 0.1) is 5.92 Å². The molecule has 0 spiro atoms. The Morgan fingerprint density at radius 3 is 2.27 bits per heavy atom. The summed E-state index contributed by atoms with van der Waals surface area (Å²) in [5.74, 6) is -0.00602. The van der Waals surface area contributed by atoms with Gasteiger partial charge < -0.3 is 0 Å². The van der Waals surface area contributed by atoms with Crippen LogP contribution in [0.2, 0.25) is 0 Å². The minimum Gasteiger partial charge on any atom is -0.293 e. The van der Waals surface area contributed by atoms with Crippen LogP contribution in [0.3, 0.4) is 0 Å². The van der Waals surface area contributed by atoms with E-state index in [2.05, 4.69) is 6.58 Å². The molecule has 1 aromatic carbocycles. The van der Waals surface area contributed by atoms with Gasteiger partial charge in [-0.1, -0.05) is 61.2 Å². The maximum Gasteiger partial charge on any atom is 0.173 e. The van der Waals surface area contributed by atoms with Crippen molar-refractivity contribution in [2.45, 2.75) is 0 Å². The molecule has 0 radical (unpaired) electrons. The molecule has 0 saturated heterocycles. The van der Waals surface area contributed by atoms with Crippen LogP contribution in [0.5, 0.6) is 0 Å². The molecule has 2 rings (SSSR count). The maximum atomic E-state index is 12.0. The van der Waals surface area contributed by atoms with Crippen LogP contribution in [0.1, 0.15) is 10.4 Å². The topological polar surface area (TPSA) is 17.1 Å². The van der Waals surface area contributed by atoms with E-state index in [9.17, 15) is 4.79 Å². The van der Waals surface area contributed by atoms with Crippen molar-refractivity contribution in [3.8, 4) is 0 Å². The third-order valence-electron chi connectivity index (χ3n) is 2.40. The van der Waals surface area contributed by atoms with Crippen molar-refractivity contribution in [2.75, 3.05) is 0 Å². The van der Waals surface area contributed by atoms with Gasteiger partial charge in [-0.15, -0.1) is 0 Å². The van der Waals surface area contributed by atoms with Crippen molar-refractivity contribution >= 4 is 5.78 Å². The molecule has 0 saturated carbocycles. The van der Waals surface area contributed by atoms with E-state index in [1.807, 2.05) is 54.6 Å². The summed E-state index contributed by atoms with van der Waals surface area (Å²) >= 11 is 0. The molecule has 0 atom stereocenters. The molecule has 0 unspecified atom stereocenters. The average molecular weight is 196 g/mol. The van der Waals surface area contributed by atoms with Crippen LogP contribution in [0.4, 0.5) is 0 Å². The molecule has 1 aliphatic rings. The lowest BCUT2D eigenvalue weighted by Crippen LogP contribution is -2.11. The molecule has 1 heteroatoms. The van der Waals surface area contributed by atoms with E-state index in [0.29, 0.717) is 0 Å². The Morgan fingerprint density at radius 2 is 1.67 bits per heavy atom. The van der Waals surface area contributed by atoms with Gasteiger partial charge in [0.25, 0.3) is 0 Å². The van der Waals surface area contributed by atoms with Crippen molar-refractivity contribution < 1.29 is 4.79 Å². The molecule has 1 aromatic rings. The predicted octanol–water partition coefficient (Wildman–Crippen LogP) is 3.17. The number of hydrogen-bond acceptors (Lipinski definition) is 1. The van der Waals surface area contributed by atoms with Gasteiger partial charge in [0.1, 0.15) is 0 Å². The summed E-state index contributed by atoms with van der Waals surface area (Å²) in [4.78, 5) is 12.0. The molecule has 0 amide bonds. The fourth-order valence-corrected chi connectivity index (χ4v) is 1.54. The Morgan fingerprint density at radius 1 is 1.07 bits per heavy atom. The van der Waals surface area contributed by atoms with Gasteiger partial charge in [-0.05, 0) is 5.57 Å². The van der Waals surface area contributed by atoms with Crippen LogP contribution in [0.15, 0.2) is 66.8 Å². The van der Waals surface area contributed by atoms with Crippen LogP contribution < -0.4 is 0 Å². The van der Waals surface area contributed by atoms with Gasteiger partial charge >= 0.3 is 0 Å². The zero-order valence-electron chi connectivity index (χ0n) is 8.39. The first-order chi connectivity index (χ1) is 7.27. The number of ketones is 1. The standard InChI is InChI=1S/C14H12O/c1-11-7-9-13(10-8-11)14(15)12-5-3-2-4-6-12/h2-10,13H,1H2. The second-order valence-electron chi connectivity index (χ2n) is 3.55. The smallest absolute Gasteiger partial charge is 0.173 e. The Kier molecular flexibility index (Phi) is 2.64. The van der Waals surface area contributed by atoms with Gasteiger partial charge in [0.05, 0.1) is 5.92 Å². The number of hydrogen-bond donors (Lipinski definition) is 0. The van der Waals surface area contributed by atoms with Crippen molar-refractivity contribution in [3.63, 3.8) is 0 Å². The van der Waals surface area contributed by atoms with Crippen LogP contribution >= 0.6 is 0 Å². The highest BCUT2D eigenvalue weighted by molar-refractivity contribution is 6.00. The monoisotopic (exact) mass is 196 g/mol. The zero-order chi connectivity index (χ0) is 10.7. The molecule has 1 aliphatic carbocycles. The van der Waals surface area contributed by atoms with Crippen molar-refractivity contribution in [3.05, 3.63) is 72.4 Å². The zero-order valence-corrected chi connectivity index (χ0v) is 8.39. The highest BCUT2D eigenvalue weighted by Gasteiger charge is 2.15. The molecule has 0 aromatic heterocycles. The van der Waals surface area contributed by atoms with Gasteiger partial charge in [-0.25, -0.2) is 0 Å². The fourth-order valence-electron chi connectivity index (χ4n) is 1.54. The molecule has 0 fully saturated rings. The first kappa shape index (κ1) is 9.66. The summed E-state index contributed by atoms with van der Waals surface area (Å²) in [5.41, 5.74) is 1.69. The Labute approximate surface area is 89.4 Å². The van der Waals surface area contributed by atoms with Gasteiger partial charge in [0.2, 0.25) is 0 Å². The van der Waals surface area contributed by atoms with Crippen LogP contribution in [-0.2, 0) is 0 Å². The van der Waals surface area contributed by atoms with Gasteiger partial charge in [0, 0.05) is 5.56 Å². The normalized spacial score (nSPS) is 15.6. The Bertz CT molecular complexity index is 422. The van der Waals surface area contributed by atoms with E-state index in [0.717, 1.165) is 11.1 Å². The molecule has 1 nitrogen and oxygen atoms in total. The van der Waals surface area contributed by atoms with Crippen molar-refractivity contribution in [2.24, 2.45) is 5.92 Å². The third kappa shape index (κ3) is 2.13. The summed E-state index contributed by atoms with van der Waals surface area (Å²) in [6.45, 7) is 3.80. The van der Waals surface area contributed by atoms with Crippen molar-refractivity contribution in [1.82, 2.24) is 0 Å². The highest BCUT2D eigenvalue weighted by Crippen LogP contribution is 2.17. The fraction of sp³-hybridized carbons (Fsp3) is 0.0714. The van der Waals surface area contributed by atoms with Gasteiger partial charge in [-0.2, -0.15) is 0 Å². The molecule has 0 N–H and O–H groups in total. The Balaban J connectivity index is 2.20. The molecule has 0 aliphatic heterocycles. The first-order valence-corrected chi connectivity index (χ1v) is 4.92. The molecule has 15 heavy (non-hydrogen) atoms. The second-order valence-corrected chi connectivity index (χ2v) is 3.55. The van der Waals surface area contributed by atoms with E-state index in [1.165, 1.54) is 0 Å². The number of carbonyl (C=O) groups excluding carboxylic acids is 1. The lowest BCUT2D eigenvalue weighted by molar-refractivity contribution is 0.0965. The lowest BCUT2D eigenvalue weighted by Gasteiger charge is -2.10. The van der Waals surface area contributed by atoms with E-state index in [1.54, 1.807) is 0 Å². The number of allylic oxidation sites excluding steroid dienone is 5. The summed E-state index contributed by atoms with van der Waals surface area (Å²) in [7, 11) is 0. The third-order valence-corrected chi connectivity index (χ3v) is 2.40. The number of rotatable bonds is 2. The maximum absolute atomic E-state index is 12.0. The second kappa shape index (κ2) is 4.09.